The van der Waals surface area contributed by atoms with Crippen LogP contribution in [-0.4, -0.2) is 15.0 Å². The molecule has 3 heteroatoms. The van der Waals surface area contributed by atoms with E-state index in [1.54, 1.807) is 0 Å². The van der Waals surface area contributed by atoms with E-state index in [9.17, 15) is 0 Å². The lowest BCUT2D eigenvalue weighted by atomic mass is 9.67. The van der Waals surface area contributed by atoms with Crippen LogP contribution in [0.1, 0.15) is 22.3 Å². The first kappa shape index (κ1) is 31.3. The first-order chi connectivity index (χ1) is 27.2. The summed E-state index contributed by atoms with van der Waals surface area (Å²) in [5, 5.41) is 7.16. The molecule has 0 saturated carbocycles. The molecule has 0 bridgehead atoms. The predicted molar refractivity (Wildman–Crippen MR) is 226 cm³/mol. The van der Waals surface area contributed by atoms with Crippen molar-refractivity contribution >= 4 is 32.3 Å². The summed E-state index contributed by atoms with van der Waals surface area (Å²) < 4.78 is 0. The van der Waals surface area contributed by atoms with Crippen LogP contribution in [0.5, 0.6) is 0 Å². The standard InChI is InChI=1S/C52H33N3/c1-2-15-41(16-3-1)52(47-20-10-8-18-45(47)46-19-9-11-21-48(46)52)42-29-26-36(27-30-42)49-53-50(39-25-22-34-12-4-5-14-37(34)32-39)55-51(54-49)40-28-31-44-38(33-40)24-23-35-13-6-7-17-43(35)44/h1-33H. The van der Waals surface area contributed by atoms with Gasteiger partial charge in [-0.3, -0.25) is 0 Å². The van der Waals surface area contributed by atoms with Crippen molar-refractivity contribution in [3.8, 4) is 45.3 Å². The Morgan fingerprint density at radius 2 is 0.745 bits per heavy atom. The van der Waals surface area contributed by atoms with Gasteiger partial charge in [-0.15, -0.1) is 0 Å². The predicted octanol–water partition coefficient (Wildman–Crippen LogP) is 12.7. The van der Waals surface area contributed by atoms with E-state index in [0.717, 1.165) is 27.5 Å². The molecule has 3 nitrogen and oxygen atoms in total. The van der Waals surface area contributed by atoms with Crippen LogP contribution in [-0.2, 0) is 5.41 Å². The maximum Gasteiger partial charge on any atom is 0.164 e. The van der Waals surface area contributed by atoms with E-state index >= 15 is 0 Å². The van der Waals surface area contributed by atoms with Gasteiger partial charge in [-0.1, -0.05) is 188 Å². The molecule has 0 fully saturated rings. The molecule has 10 aromatic rings. The fraction of sp³-hybridized carbons (Fsp3) is 0.0192. The van der Waals surface area contributed by atoms with Gasteiger partial charge >= 0.3 is 0 Å². The quantitative estimate of drug-likeness (QED) is 0.168. The summed E-state index contributed by atoms with van der Waals surface area (Å²) in [7, 11) is 0. The molecular formula is C52H33N3. The molecule has 0 atom stereocenters. The van der Waals surface area contributed by atoms with Crippen LogP contribution in [0, 0.1) is 0 Å². The van der Waals surface area contributed by atoms with Crippen LogP contribution in [0.2, 0.25) is 0 Å². The lowest BCUT2D eigenvalue weighted by Crippen LogP contribution is -2.28. The minimum absolute atomic E-state index is 0.469. The van der Waals surface area contributed by atoms with Crippen molar-refractivity contribution in [2.75, 3.05) is 0 Å². The molecule has 0 spiro atoms. The van der Waals surface area contributed by atoms with Crippen LogP contribution in [0.15, 0.2) is 200 Å². The van der Waals surface area contributed by atoms with Crippen molar-refractivity contribution in [3.05, 3.63) is 222 Å². The Morgan fingerprint density at radius 3 is 1.45 bits per heavy atom. The molecular weight excluding hydrogens is 667 g/mol. The Labute approximate surface area is 319 Å². The molecule has 9 aromatic carbocycles. The van der Waals surface area contributed by atoms with Crippen molar-refractivity contribution in [2.45, 2.75) is 5.41 Å². The minimum Gasteiger partial charge on any atom is -0.208 e. The number of fused-ring (bicyclic) bond motifs is 7. The first-order valence-corrected chi connectivity index (χ1v) is 18.8. The number of nitrogens with zero attached hydrogens (tertiary/aromatic N) is 3. The van der Waals surface area contributed by atoms with Gasteiger partial charge in [0.05, 0.1) is 5.41 Å². The average molecular weight is 700 g/mol. The van der Waals surface area contributed by atoms with E-state index in [1.807, 2.05) is 0 Å². The van der Waals surface area contributed by atoms with Crippen LogP contribution in [0.25, 0.3) is 77.6 Å². The summed E-state index contributed by atoms with van der Waals surface area (Å²) in [6.45, 7) is 0. The second-order valence-corrected chi connectivity index (χ2v) is 14.4. The number of rotatable bonds is 5. The fourth-order valence-electron chi connectivity index (χ4n) is 8.83. The number of benzene rings is 9. The highest BCUT2D eigenvalue weighted by Crippen LogP contribution is 2.56. The highest BCUT2D eigenvalue weighted by Gasteiger charge is 2.45. The second kappa shape index (κ2) is 12.4. The Hall–Kier alpha value is -7.23. The van der Waals surface area contributed by atoms with E-state index in [-0.39, 0.29) is 0 Å². The van der Waals surface area contributed by atoms with E-state index < -0.39 is 5.41 Å². The molecule has 0 unspecified atom stereocenters. The van der Waals surface area contributed by atoms with Crippen molar-refractivity contribution in [1.29, 1.82) is 0 Å². The summed E-state index contributed by atoms with van der Waals surface area (Å²) in [6, 6.07) is 71.7. The Morgan fingerprint density at radius 1 is 0.291 bits per heavy atom. The summed E-state index contributed by atoms with van der Waals surface area (Å²) in [5.41, 5.74) is 9.94. The molecule has 1 heterocycles. The van der Waals surface area contributed by atoms with Crippen LogP contribution >= 0.6 is 0 Å². The third-order valence-corrected chi connectivity index (χ3v) is 11.4. The maximum absolute atomic E-state index is 5.18. The number of aromatic nitrogens is 3. The summed E-state index contributed by atoms with van der Waals surface area (Å²) in [4.78, 5) is 15.5. The Balaban J connectivity index is 1.09. The third kappa shape index (κ3) is 4.94. The molecule has 1 aromatic heterocycles. The Bertz CT molecular complexity index is 3050. The van der Waals surface area contributed by atoms with Gasteiger partial charge in [0.1, 0.15) is 0 Å². The molecule has 1 aliphatic carbocycles. The Kier molecular flexibility index (Phi) is 7.08. The molecule has 0 radical (unpaired) electrons. The van der Waals surface area contributed by atoms with Crippen molar-refractivity contribution in [2.24, 2.45) is 0 Å². The monoisotopic (exact) mass is 699 g/mol. The zero-order chi connectivity index (χ0) is 36.3. The maximum atomic E-state index is 5.18. The second-order valence-electron chi connectivity index (χ2n) is 14.4. The molecule has 55 heavy (non-hydrogen) atoms. The molecule has 0 aliphatic heterocycles. The highest BCUT2D eigenvalue weighted by atomic mass is 15.0. The molecule has 1 aliphatic rings. The SMILES string of the molecule is c1ccc(C2(c3ccc(-c4nc(-c5ccc6ccccc6c5)nc(-c5ccc6c(ccc7ccccc76)c5)n4)cc3)c3ccccc3-c3ccccc32)cc1. The number of hydrogen-bond acceptors (Lipinski definition) is 3. The van der Waals surface area contributed by atoms with E-state index in [1.165, 1.54) is 54.9 Å². The zero-order valence-electron chi connectivity index (χ0n) is 29.9. The minimum atomic E-state index is -0.469. The number of hydrogen-bond donors (Lipinski definition) is 0. The molecule has 0 saturated heterocycles. The van der Waals surface area contributed by atoms with Gasteiger partial charge in [0, 0.05) is 16.7 Å². The van der Waals surface area contributed by atoms with E-state index in [2.05, 4.69) is 200 Å². The lowest BCUT2D eigenvalue weighted by molar-refractivity contribution is 0.768. The van der Waals surface area contributed by atoms with E-state index in [4.69, 9.17) is 15.0 Å². The zero-order valence-corrected chi connectivity index (χ0v) is 29.9. The molecule has 11 rings (SSSR count). The van der Waals surface area contributed by atoms with Gasteiger partial charge < -0.3 is 0 Å². The van der Waals surface area contributed by atoms with Crippen LogP contribution in [0.3, 0.4) is 0 Å². The molecule has 256 valence electrons. The van der Waals surface area contributed by atoms with Gasteiger partial charge in [0.15, 0.2) is 17.5 Å². The van der Waals surface area contributed by atoms with Crippen LogP contribution < -0.4 is 0 Å². The van der Waals surface area contributed by atoms with Gasteiger partial charge in [-0.05, 0) is 77.8 Å². The lowest BCUT2D eigenvalue weighted by Gasteiger charge is -2.34. The largest absolute Gasteiger partial charge is 0.208 e. The van der Waals surface area contributed by atoms with Crippen LogP contribution in [0.4, 0.5) is 0 Å². The highest BCUT2D eigenvalue weighted by molar-refractivity contribution is 6.08. The van der Waals surface area contributed by atoms with Crippen molar-refractivity contribution in [1.82, 2.24) is 15.0 Å². The normalized spacial score (nSPS) is 12.9. The third-order valence-electron chi connectivity index (χ3n) is 11.4. The summed E-state index contributed by atoms with van der Waals surface area (Å²) in [5.74, 6) is 1.93. The van der Waals surface area contributed by atoms with Gasteiger partial charge in [-0.25, -0.2) is 15.0 Å². The first-order valence-electron chi connectivity index (χ1n) is 18.8. The topological polar surface area (TPSA) is 38.7 Å². The average Bonchev–Trinajstić information content (AvgIpc) is 3.57. The van der Waals surface area contributed by atoms with Gasteiger partial charge in [0.25, 0.3) is 0 Å². The molecule has 0 amide bonds. The smallest absolute Gasteiger partial charge is 0.164 e. The summed E-state index contributed by atoms with van der Waals surface area (Å²) >= 11 is 0. The molecule has 0 N–H and O–H groups in total. The van der Waals surface area contributed by atoms with Crippen molar-refractivity contribution in [3.63, 3.8) is 0 Å². The van der Waals surface area contributed by atoms with Gasteiger partial charge in [-0.2, -0.15) is 0 Å². The van der Waals surface area contributed by atoms with Crippen molar-refractivity contribution < 1.29 is 0 Å². The van der Waals surface area contributed by atoms with E-state index in [0.29, 0.717) is 17.5 Å². The summed E-state index contributed by atoms with van der Waals surface area (Å²) in [6.07, 6.45) is 0. The fourth-order valence-corrected chi connectivity index (χ4v) is 8.83. The van der Waals surface area contributed by atoms with Gasteiger partial charge in [0.2, 0.25) is 0 Å².